The number of amides is 1. The number of aromatic nitrogens is 1. The molecule has 0 aromatic carbocycles. The number of carbonyl (C=O) groups excluding carboxylic acids is 1. The van der Waals surface area contributed by atoms with Gasteiger partial charge in [-0.05, 0) is 0 Å². The quantitative estimate of drug-likeness (QED) is 0.851. The average Bonchev–Trinajstić information content (AvgIpc) is 2.61. The molecule has 2 N–H and O–H groups in total. The maximum atomic E-state index is 11.5. The summed E-state index contributed by atoms with van der Waals surface area (Å²) in [7, 11) is 3.38. The predicted molar refractivity (Wildman–Crippen MR) is 65.6 cm³/mol. The number of methoxy groups -OCH3 is 1. The van der Waals surface area contributed by atoms with Gasteiger partial charge in [0.25, 0.3) is 5.91 Å². The van der Waals surface area contributed by atoms with Crippen LogP contribution in [-0.4, -0.2) is 30.2 Å². The molecule has 0 bridgehead atoms. The average molecular weight is 266 g/mol. The molecule has 0 fully saturated rings. The Bertz CT molecular complexity index is 384. The fraction of sp³-hybridized carbons (Fsp3) is 0.556. The summed E-state index contributed by atoms with van der Waals surface area (Å²) in [5.74, 6) is -0.203. The number of rotatable bonds is 4. The molecule has 7 heteroatoms. The van der Waals surface area contributed by atoms with Gasteiger partial charge in [-0.25, -0.2) is 0 Å². The highest BCUT2D eigenvalue weighted by Gasteiger charge is 2.10. The van der Waals surface area contributed by atoms with Crippen LogP contribution in [0.4, 0.5) is 0 Å². The molecule has 0 spiro atoms. The Morgan fingerprint density at radius 3 is 2.88 bits per heavy atom. The highest BCUT2D eigenvalue weighted by atomic mass is 35.5. The first-order chi connectivity index (χ1) is 7.17. The number of halogens is 1. The number of aryl methyl sites for hydroxylation is 1. The maximum absolute atomic E-state index is 11.5. The summed E-state index contributed by atoms with van der Waals surface area (Å²) in [6.07, 6.45) is 1.84. The molecular formula is C9H16ClN3O2S. The van der Waals surface area contributed by atoms with E-state index < -0.39 is 0 Å². The van der Waals surface area contributed by atoms with E-state index in [2.05, 4.69) is 4.99 Å². The maximum Gasteiger partial charge on any atom is 0.250 e. The molecule has 5 nitrogen and oxygen atoms in total. The van der Waals surface area contributed by atoms with Crippen molar-refractivity contribution in [3.05, 3.63) is 16.4 Å². The Hall–Kier alpha value is -0.690. The molecule has 0 saturated heterocycles. The molecule has 1 heterocycles. The molecule has 1 aromatic heterocycles. The van der Waals surface area contributed by atoms with E-state index in [0.29, 0.717) is 11.3 Å². The van der Waals surface area contributed by atoms with E-state index in [0.717, 1.165) is 0 Å². The zero-order chi connectivity index (χ0) is 11.3. The van der Waals surface area contributed by atoms with Crippen molar-refractivity contribution in [3.8, 4) is 0 Å². The van der Waals surface area contributed by atoms with Crippen LogP contribution in [-0.2, 0) is 16.6 Å². The van der Waals surface area contributed by atoms with Crippen molar-refractivity contribution in [3.63, 3.8) is 0 Å². The number of ether oxygens (including phenoxy) is 1. The topological polar surface area (TPSA) is 69.6 Å². The second kappa shape index (κ2) is 7.56. The summed E-state index contributed by atoms with van der Waals surface area (Å²) in [5, 5.41) is 1.88. The number of hydrogen-bond acceptors (Lipinski definition) is 4. The van der Waals surface area contributed by atoms with E-state index in [1.165, 1.54) is 18.4 Å². The Kier molecular flexibility index (Phi) is 7.24. The van der Waals surface area contributed by atoms with Gasteiger partial charge in [-0.15, -0.1) is 23.7 Å². The molecule has 0 radical (unpaired) electrons. The SMILES string of the molecule is COC(CN)CC(=O)N=c1sccn1C.Cl. The first-order valence-corrected chi connectivity index (χ1v) is 5.46. The van der Waals surface area contributed by atoms with Crippen LogP contribution in [0.25, 0.3) is 0 Å². The van der Waals surface area contributed by atoms with Gasteiger partial charge in [-0.2, -0.15) is 4.99 Å². The summed E-state index contributed by atoms with van der Waals surface area (Å²) < 4.78 is 6.81. The lowest BCUT2D eigenvalue weighted by atomic mass is 10.2. The normalized spacial score (nSPS) is 13.3. The van der Waals surface area contributed by atoms with E-state index in [1.807, 2.05) is 18.6 Å². The van der Waals surface area contributed by atoms with Gasteiger partial charge in [0, 0.05) is 32.3 Å². The predicted octanol–water partition coefficient (Wildman–Crippen LogP) is 0.299. The monoisotopic (exact) mass is 265 g/mol. The molecule has 1 unspecified atom stereocenters. The molecule has 0 aliphatic carbocycles. The van der Waals surface area contributed by atoms with Gasteiger partial charge in [0.1, 0.15) is 0 Å². The Labute approximate surface area is 104 Å². The van der Waals surface area contributed by atoms with Gasteiger partial charge >= 0.3 is 0 Å². The van der Waals surface area contributed by atoms with Crippen LogP contribution in [0.3, 0.4) is 0 Å². The van der Waals surface area contributed by atoms with Gasteiger partial charge in [-0.3, -0.25) is 4.79 Å². The summed E-state index contributed by atoms with van der Waals surface area (Å²) >= 11 is 1.42. The van der Waals surface area contributed by atoms with Crippen LogP contribution in [0, 0.1) is 0 Å². The minimum absolute atomic E-state index is 0. The first kappa shape index (κ1) is 15.3. The van der Waals surface area contributed by atoms with Crippen molar-refractivity contribution < 1.29 is 9.53 Å². The Balaban J connectivity index is 0.00000225. The first-order valence-electron chi connectivity index (χ1n) is 4.58. The van der Waals surface area contributed by atoms with Gasteiger partial charge < -0.3 is 15.0 Å². The molecule has 1 rings (SSSR count). The third kappa shape index (κ3) is 4.44. The largest absolute Gasteiger partial charge is 0.380 e. The molecule has 0 aliphatic rings. The number of carbonyl (C=O) groups is 1. The summed E-state index contributed by atoms with van der Waals surface area (Å²) in [6, 6.07) is 0. The number of hydrogen-bond donors (Lipinski definition) is 1. The Morgan fingerprint density at radius 1 is 1.75 bits per heavy atom. The second-order valence-electron chi connectivity index (χ2n) is 3.10. The van der Waals surface area contributed by atoms with Gasteiger partial charge in [0.15, 0.2) is 4.80 Å². The van der Waals surface area contributed by atoms with E-state index in [1.54, 1.807) is 4.57 Å². The highest BCUT2D eigenvalue weighted by molar-refractivity contribution is 7.07. The Morgan fingerprint density at radius 2 is 2.44 bits per heavy atom. The van der Waals surface area contributed by atoms with Crippen molar-refractivity contribution in [2.75, 3.05) is 13.7 Å². The van der Waals surface area contributed by atoms with E-state index in [4.69, 9.17) is 10.5 Å². The minimum Gasteiger partial charge on any atom is -0.380 e. The zero-order valence-electron chi connectivity index (χ0n) is 9.25. The molecule has 1 atom stereocenters. The summed E-state index contributed by atoms with van der Waals surface area (Å²) in [5.41, 5.74) is 5.41. The van der Waals surface area contributed by atoms with E-state index in [9.17, 15) is 4.79 Å². The molecular weight excluding hydrogens is 250 g/mol. The molecule has 0 saturated carbocycles. The number of nitrogens with two attached hydrogens (primary N) is 1. The van der Waals surface area contributed by atoms with Crippen molar-refractivity contribution >= 4 is 29.7 Å². The van der Waals surface area contributed by atoms with Crippen LogP contribution in [0.1, 0.15) is 6.42 Å². The fourth-order valence-electron chi connectivity index (χ4n) is 1.04. The number of nitrogens with zero attached hydrogens (tertiary/aromatic N) is 2. The number of thiazole rings is 1. The smallest absolute Gasteiger partial charge is 0.250 e. The van der Waals surface area contributed by atoms with Crippen molar-refractivity contribution in [1.29, 1.82) is 0 Å². The standard InChI is InChI=1S/C9H15N3O2S.ClH/c1-12-3-4-15-9(12)11-8(13)5-7(6-10)14-2;/h3-4,7H,5-6,10H2,1-2H3;1H. The molecule has 1 amide bonds. The van der Waals surface area contributed by atoms with Crippen LogP contribution in [0.2, 0.25) is 0 Å². The van der Waals surface area contributed by atoms with Crippen molar-refractivity contribution in [1.82, 2.24) is 4.57 Å². The van der Waals surface area contributed by atoms with Crippen LogP contribution in [0.15, 0.2) is 16.6 Å². The van der Waals surface area contributed by atoms with Crippen molar-refractivity contribution in [2.45, 2.75) is 12.5 Å². The summed E-state index contributed by atoms with van der Waals surface area (Å²) in [6.45, 7) is 0.328. The van der Waals surface area contributed by atoms with Crippen LogP contribution >= 0.6 is 23.7 Å². The second-order valence-corrected chi connectivity index (χ2v) is 3.97. The van der Waals surface area contributed by atoms with Crippen molar-refractivity contribution in [2.24, 2.45) is 17.8 Å². The molecule has 1 aromatic rings. The molecule has 0 aliphatic heterocycles. The van der Waals surface area contributed by atoms with E-state index >= 15 is 0 Å². The van der Waals surface area contributed by atoms with Crippen LogP contribution in [0.5, 0.6) is 0 Å². The fourth-order valence-corrected chi connectivity index (χ4v) is 1.79. The highest BCUT2D eigenvalue weighted by Crippen LogP contribution is 1.97. The lowest BCUT2D eigenvalue weighted by Gasteiger charge is -2.08. The van der Waals surface area contributed by atoms with Gasteiger partial charge in [0.05, 0.1) is 12.5 Å². The third-order valence-electron chi connectivity index (χ3n) is 1.98. The van der Waals surface area contributed by atoms with Gasteiger partial charge in [0.2, 0.25) is 0 Å². The molecule has 92 valence electrons. The lowest BCUT2D eigenvalue weighted by Crippen LogP contribution is -2.25. The summed E-state index contributed by atoms with van der Waals surface area (Å²) in [4.78, 5) is 16.1. The van der Waals surface area contributed by atoms with E-state index in [-0.39, 0.29) is 30.8 Å². The van der Waals surface area contributed by atoms with Gasteiger partial charge in [-0.1, -0.05) is 0 Å². The lowest BCUT2D eigenvalue weighted by molar-refractivity contribution is -0.120. The molecule has 16 heavy (non-hydrogen) atoms. The zero-order valence-corrected chi connectivity index (χ0v) is 10.9. The minimum atomic E-state index is -0.244. The third-order valence-corrected chi connectivity index (χ3v) is 2.83. The van der Waals surface area contributed by atoms with Crippen LogP contribution < -0.4 is 10.5 Å².